The number of benzene rings is 2. The molecule has 144 valence electrons. The van der Waals surface area contributed by atoms with Crippen molar-refractivity contribution in [2.45, 2.75) is 6.92 Å². The molecule has 0 fully saturated rings. The number of carbonyl (C=O) groups is 1. The lowest BCUT2D eigenvalue weighted by atomic mass is 10.2. The van der Waals surface area contributed by atoms with Crippen molar-refractivity contribution in [2.75, 3.05) is 10.6 Å². The maximum Gasteiger partial charge on any atom is 0.275 e. The van der Waals surface area contributed by atoms with Gasteiger partial charge in [-0.2, -0.15) is 0 Å². The van der Waals surface area contributed by atoms with Crippen LogP contribution in [-0.2, 0) is 0 Å². The fourth-order valence-corrected chi connectivity index (χ4v) is 3.32. The molecule has 29 heavy (non-hydrogen) atoms. The first-order valence-electron chi connectivity index (χ1n) is 8.97. The number of pyridine rings is 1. The zero-order chi connectivity index (χ0) is 20.1. The van der Waals surface area contributed by atoms with Crippen LogP contribution in [0.5, 0.6) is 11.5 Å². The van der Waals surface area contributed by atoms with E-state index in [1.807, 2.05) is 67.6 Å². The van der Waals surface area contributed by atoms with Crippen LogP contribution in [0.4, 0.5) is 16.6 Å². The number of nitrogens with zero attached hydrogens (tertiary/aromatic N) is 2. The Hall–Kier alpha value is -3.71. The molecule has 2 aromatic heterocycles. The highest BCUT2D eigenvalue weighted by molar-refractivity contribution is 7.14. The highest BCUT2D eigenvalue weighted by Gasteiger charge is 2.14. The molecule has 4 rings (SSSR count). The van der Waals surface area contributed by atoms with Crippen LogP contribution >= 0.6 is 11.3 Å². The third-order valence-corrected chi connectivity index (χ3v) is 4.72. The predicted octanol–water partition coefficient (Wildman–Crippen LogP) is 5.63. The van der Waals surface area contributed by atoms with Crippen LogP contribution in [0.1, 0.15) is 16.2 Å². The fourth-order valence-electron chi connectivity index (χ4n) is 2.62. The molecule has 4 aromatic rings. The monoisotopic (exact) mass is 402 g/mol. The molecule has 0 aliphatic heterocycles. The van der Waals surface area contributed by atoms with Gasteiger partial charge in [-0.25, -0.2) is 9.97 Å². The summed E-state index contributed by atoms with van der Waals surface area (Å²) in [6.45, 7) is 1.92. The van der Waals surface area contributed by atoms with E-state index in [4.69, 9.17) is 4.74 Å². The zero-order valence-corrected chi connectivity index (χ0v) is 16.4. The van der Waals surface area contributed by atoms with Gasteiger partial charge in [0.25, 0.3) is 5.91 Å². The number of amides is 1. The summed E-state index contributed by atoms with van der Waals surface area (Å²) in [6.07, 6.45) is 0. The fraction of sp³-hybridized carbons (Fsp3) is 0.0455. The number of nitrogens with one attached hydrogen (secondary N) is 2. The number of thiazole rings is 1. The summed E-state index contributed by atoms with van der Waals surface area (Å²) in [6, 6.07) is 22.4. The second kappa shape index (κ2) is 8.53. The SMILES string of the molecule is Cc1cccc(Nc2nc(C(=O)Nc3ccccc3Oc3ccccc3)cs2)n1. The average Bonchev–Trinajstić information content (AvgIpc) is 3.19. The molecular weight excluding hydrogens is 384 g/mol. The van der Waals surface area contributed by atoms with Crippen molar-refractivity contribution in [3.8, 4) is 11.5 Å². The van der Waals surface area contributed by atoms with Gasteiger partial charge in [0.1, 0.15) is 17.3 Å². The Labute approximate surface area is 172 Å². The molecule has 6 nitrogen and oxygen atoms in total. The number of para-hydroxylation sites is 3. The van der Waals surface area contributed by atoms with Crippen LogP contribution in [0, 0.1) is 6.92 Å². The lowest BCUT2D eigenvalue weighted by Crippen LogP contribution is -2.13. The maximum atomic E-state index is 12.7. The molecule has 2 N–H and O–H groups in total. The van der Waals surface area contributed by atoms with Gasteiger partial charge in [-0.1, -0.05) is 36.4 Å². The minimum atomic E-state index is -0.310. The summed E-state index contributed by atoms with van der Waals surface area (Å²) in [5.74, 6) is 1.63. The normalized spacial score (nSPS) is 10.4. The number of hydrogen-bond acceptors (Lipinski definition) is 6. The minimum Gasteiger partial charge on any atom is -0.455 e. The van der Waals surface area contributed by atoms with Crippen molar-refractivity contribution < 1.29 is 9.53 Å². The molecule has 0 radical (unpaired) electrons. The van der Waals surface area contributed by atoms with E-state index in [1.54, 1.807) is 17.5 Å². The lowest BCUT2D eigenvalue weighted by molar-refractivity contribution is 0.102. The quantitative estimate of drug-likeness (QED) is 0.437. The number of aromatic nitrogens is 2. The molecule has 1 amide bonds. The molecule has 2 aromatic carbocycles. The van der Waals surface area contributed by atoms with Crippen molar-refractivity contribution in [3.63, 3.8) is 0 Å². The summed E-state index contributed by atoms with van der Waals surface area (Å²) >= 11 is 1.34. The van der Waals surface area contributed by atoms with E-state index in [2.05, 4.69) is 20.6 Å². The predicted molar refractivity (Wildman–Crippen MR) is 115 cm³/mol. The van der Waals surface area contributed by atoms with Gasteiger partial charge in [0.2, 0.25) is 0 Å². The topological polar surface area (TPSA) is 76.1 Å². The molecule has 0 saturated carbocycles. The molecular formula is C22H18N4O2S. The van der Waals surface area contributed by atoms with Crippen molar-refractivity contribution >= 4 is 33.9 Å². The summed E-state index contributed by atoms with van der Waals surface area (Å²) in [5.41, 5.74) is 1.79. The molecule has 2 heterocycles. The average molecular weight is 402 g/mol. The Morgan fingerprint density at radius 1 is 0.931 bits per heavy atom. The lowest BCUT2D eigenvalue weighted by Gasteiger charge is -2.11. The van der Waals surface area contributed by atoms with Gasteiger partial charge >= 0.3 is 0 Å². The van der Waals surface area contributed by atoms with E-state index in [1.165, 1.54) is 11.3 Å². The van der Waals surface area contributed by atoms with E-state index < -0.39 is 0 Å². The number of rotatable bonds is 6. The Kier molecular flexibility index (Phi) is 5.49. The zero-order valence-electron chi connectivity index (χ0n) is 15.6. The smallest absolute Gasteiger partial charge is 0.275 e. The van der Waals surface area contributed by atoms with Gasteiger partial charge in [-0.05, 0) is 43.3 Å². The second-order valence-electron chi connectivity index (χ2n) is 6.19. The van der Waals surface area contributed by atoms with Gasteiger partial charge in [0.05, 0.1) is 5.69 Å². The molecule has 0 unspecified atom stereocenters. The first-order chi connectivity index (χ1) is 14.2. The largest absolute Gasteiger partial charge is 0.455 e. The van der Waals surface area contributed by atoms with Gasteiger partial charge in [0.15, 0.2) is 10.9 Å². The van der Waals surface area contributed by atoms with Crippen LogP contribution in [-0.4, -0.2) is 15.9 Å². The number of carbonyl (C=O) groups excluding carboxylic acids is 1. The molecule has 7 heteroatoms. The first kappa shape index (κ1) is 18.6. The van der Waals surface area contributed by atoms with Crippen molar-refractivity contribution in [1.82, 2.24) is 9.97 Å². The number of aryl methyl sites for hydroxylation is 1. The standard InChI is InChI=1S/C22H18N4O2S/c1-15-8-7-13-20(23-15)26-22-25-18(14-29-22)21(27)24-17-11-5-6-12-19(17)28-16-9-3-2-4-10-16/h2-14H,1H3,(H,24,27)(H,23,25,26). The van der Waals surface area contributed by atoms with Crippen molar-refractivity contribution in [1.29, 1.82) is 0 Å². The Balaban J connectivity index is 1.47. The highest BCUT2D eigenvalue weighted by Crippen LogP contribution is 2.30. The van der Waals surface area contributed by atoms with Crippen LogP contribution in [0.25, 0.3) is 0 Å². The van der Waals surface area contributed by atoms with Crippen LogP contribution in [0.15, 0.2) is 78.2 Å². The van der Waals surface area contributed by atoms with Crippen molar-refractivity contribution in [2.24, 2.45) is 0 Å². The third kappa shape index (κ3) is 4.77. The molecule has 0 saturated heterocycles. The van der Waals surface area contributed by atoms with E-state index in [-0.39, 0.29) is 5.91 Å². The Bertz CT molecular complexity index is 1130. The van der Waals surface area contributed by atoms with E-state index in [0.29, 0.717) is 33.8 Å². The number of ether oxygens (including phenoxy) is 1. The molecule has 0 spiro atoms. The summed E-state index contributed by atoms with van der Waals surface area (Å²) < 4.78 is 5.89. The third-order valence-electron chi connectivity index (χ3n) is 3.97. The van der Waals surface area contributed by atoms with Crippen LogP contribution in [0.2, 0.25) is 0 Å². The van der Waals surface area contributed by atoms with Gasteiger partial charge in [0, 0.05) is 11.1 Å². The van der Waals surface area contributed by atoms with Gasteiger partial charge < -0.3 is 15.4 Å². The highest BCUT2D eigenvalue weighted by atomic mass is 32.1. The Morgan fingerprint density at radius 2 is 1.72 bits per heavy atom. The van der Waals surface area contributed by atoms with Crippen LogP contribution in [0.3, 0.4) is 0 Å². The Morgan fingerprint density at radius 3 is 2.55 bits per heavy atom. The second-order valence-corrected chi connectivity index (χ2v) is 7.05. The summed E-state index contributed by atoms with van der Waals surface area (Å²) in [5, 5.41) is 8.29. The summed E-state index contributed by atoms with van der Waals surface area (Å²) in [4.78, 5) is 21.4. The number of hydrogen-bond donors (Lipinski definition) is 2. The molecule has 0 aliphatic carbocycles. The maximum absolute atomic E-state index is 12.7. The van der Waals surface area contributed by atoms with E-state index in [9.17, 15) is 4.79 Å². The van der Waals surface area contributed by atoms with E-state index >= 15 is 0 Å². The molecule has 0 aliphatic rings. The molecule has 0 bridgehead atoms. The van der Waals surface area contributed by atoms with Gasteiger partial charge in [-0.15, -0.1) is 11.3 Å². The van der Waals surface area contributed by atoms with Gasteiger partial charge in [-0.3, -0.25) is 4.79 Å². The minimum absolute atomic E-state index is 0.310. The van der Waals surface area contributed by atoms with Crippen molar-refractivity contribution in [3.05, 3.63) is 89.6 Å². The number of anilines is 3. The molecule has 0 atom stereocenters. The first-order valence-corrected chi connectivity index (χ1v) is 9.85. The van der Waals surface area contributed by atoms with E-state index in [0.717, 1.165) is 5.69 Å². The summed E-state index contributed by atoms with van der Waals surface area (Å²) in [7, 11) is 0. The van der Waals surface area contributed by atoms with Crippen LogP contribution < -0.4 is 15.4 Å².